The maximum atomic E-state index is 13.0. The van der Waals surface area contributed by atoms with Crippen molar-refractivity contribution in [3.63, 3.8) is 0 Å². The second-order valence-electron chi connectivity index (χ2n) is 7.00. The van der Waals surface area contributed by atoms with Gasteiger partial charge in [0.15, 0.2) is 0 Å². The van der Waals surface area contributed by atoms with Gasteiger partial charge >= 0.3 is 5.97 Å². The second-order valence-corrected chi connectivity index (χ2v) is 7.00. The molecule has 0 spiro atoms. The minimum atomic E-state index is -0.491. The van der Waals surface area contributed by atoms with Crippen molar-refractivity contribution in [3.05, 3.63) is 53.1 Å². The molecule has 128 valence electrons. The Balaban J connectivity index is 1.73. The third kappa shape index (κ3) is 2.05. The van der Waals surface area contributed by atoms with E-state index in [0.717, 1.165) is 0 Å². The van der Waals surface area contributed by atoms with Crippen molar-refractivity contribution in [2.45, 2.75) is 13.8 Å². The quantitative estimate of drug-likeness (QED) is 0.473. The summed E-state index contributed by atoms with van der Waals surface area (Å²) in [6.07, 6.45) is 4.13. The van der Waals surface area contributed by atoms with Crippen LogP contribution >= 0.6 is 0 Å². The molecule has 0 unspecified atom stereocenters. The Morgan fingerprint density at radius 1 is 1.04 bits per heavy atom. The van der Waals surface area contributed by atoms with E-state index in [2.05, 4.69) is 12.2 Å². The molecule has 4 rings (SSSR count). The molecule has 25 heavy (non-hydrogen) atoms. The van der Waals surface area contributed by atoms with E-state index in [4.69, 9.17) is 4.74 Å². The number of rotatable bonds is 2. The highest BCUT2D eigenvalue weighted by atomic mass is 16.5. The number of nitrogens with zero attached hydrogens (tertiary/aromatic N) is 1. The number of esters is 1. The molecule has 2 amide bonds. The monoisotopic (exact) mass is 337 g/mol. The number of hydrogen-bond acceptors (Lipinski definition) is 4. The molecule has 3 aliphatic rings. The third-order valence-corrected chi connectivity index (χ3v) is 5.52. The van der Waals surface area contributed by atoms with E-state index in [1.54, 1.807) is 24.3 Å². The maximum Gasteiger partial charge on any atom is 0.337 e. The standard InChI is InChI=1S/C20H19NO4/c1-10(2)15-13-7-8-14(15)17-16(13)18(22)21(19(17)23)12-6-4-5-11(9-12)20(24)25-3/h4-9,13-14,16-17H,1-3H3/t13-,14-,16-,17+/m0/s1. The fourth-order valence-electron chi connectivity index (χ4n) is 4.57. The van der Waals surface area contributed by atoms with Crippen LogP contribution in [0.2, 0.25) is 0 Å². The molecular formula is C20H19NO4. The van der Waals surface area contributed by atoms with E-state index in [1.165, 1.54) is 23.2 Å². The number of anilines is 1. The van der Waals surface area contributed by atoms with Crippen molar-refractivity contribution in [3.8, 4) is 0 Å². The number of amides is 2. The first kappa shape index (κ1) is 15.8. The number of carbonyl (C=O) groups is 3. The fourth-order valence-corrected chi connectivity index (χ4v) is 4.57. The summed E-state index contributed by atoms with van der Waals surface area (Å²) in [4.78, 5) is 39.1. The van der Waals surface area contributed by atoms with Crippen molar-refractivity contribution < 1.29 is 19.1 Å². The Bertz CT molecular complexity index is 828. The van der Waals surface area contributed by atoms with Crippen LogP contribution in [-0.2, 0) is 14.3 Å². The topological polar surface area (TPSA) is 63.7 Å². The molecule has 1 aromatic rings. The number of carbonyl (C=O) groups excluding carboxylic acids is 3. The largest absolute Gasteiger partial charge is 0.465 e. The van der Waals surface area contributed by atoms with E-state index in [-0.39, 0.29) is 35.5 Å². The first-order valence-electron chi connectivity index (χ1n) is 8.37. The van der Waals surface area contributed by atoms with Gasteiger partial charge in [0.1, 0.15) is 0 Å². The highest BCUT2D eigenvalue weighted by molar-refractivity contribution is 6.23. The highest BCUT2D eigenvalue weighted by Gasteiger charge is 2.61. The number of allylic oxidation sites excluding steroid dienone is 4. The van der Waals surface area contributed by atoms with Crippen LogP contribution in [0, 0.1) is 23.7 Å². The first-order chi connectivity index (χ1) is 12.0. The minimum absolute atomic E-state index is 0.0187. The van der Waals surface area contributed by atoms with Gasteiger partial charge in [0.05, 0.1) is 30.2 Å². The maximum absolute atomic E-state index is 13.0. The second kappa shape index (κ2) is 5.41. The zero-order valence-electron chi connectivity index (χ0n) is 14.4. The Labute approximate surface area is 146 Å². The number of benzene rings is 1. The number of hydrogen-bond donors (Lipinski definition) is 0. The summed E-state index contributed by atoms with van der Waals surface area (Å²) in [6, 6.07) is 6.48. The molecule has 2 fully saturated rings. The number of imide groups is 1. The predicted octanol–water partition coefficient (Wildman–Crippen LogP) is 2.73. The molecule has 5 heteroatoms. The van der Waals surface area contributed by atoms with Crippen molar-refractivity contribution in [2.24, 2.45) is 23.7 Å². The predicted molar refractivity (Wildman–Crippen MR) is 91.7 cm³/mol. The van der Waals surface area contributed by atoms with Crippen LogP contribution in [0.25, 0.3) is 0 Å². The molecule has 2 aliphatic carbocycles. The van der Waals surface area contributed by atoms with Crippen LogP contribution in [0.3, 0.4) is 0 Å². The minimum Gasteiger partial charge on any atom is -0.465 e. The van der Waals surface area contributed by atoms with E-state index < -0.39 is 5.97 Å². The molecular weight excluding hydrogens is 318 g/mol. The molecule has 1 saturated carbocycles. The van der Waals surface area contributed by atoms with Crippen LogP contribution in [-0.4, -0.2) is 24.9 Å². The number of fused-ring (bicyclic) bond motifs is 5. The van der Waals surface area contributed by atoms with E-state index >= 15 is 0 Å². The molecule has 1 saturated heterocycles. The summed E-state index contributed by atoms with van der Waals surface area (Å²) in [5.74, 6) is -1.45. The van der Waals surface area contributed by atoms with Crippen molar-refractivity contribution in [1.29, 1.82) is 0 Å². The van der Waals surface area contributed by atoms with Gasteiger partial charge in [-0.1, -0.05) is 29.4 Å². The summed E-state index contributed by atoms with van der Waals surface area (Å²) >= 11 is 0. The molecule has 1 aliphatic heterocycles. The van der Waals surface area contributed by atoms with Gasteiger partial charge in [-0.15, -0.1) is 0 Å². The van der Waals surface area contributed by atoms with Crippen LogP contribution < -0.4 is 4.90 Å². The SMILES string of the molecule is COC(=O)c1cccc(N2C(=O)[C@@H]3[C@H](C2=O)[C@H]2C=C[C@H]3C2=C(C)C)c1. The van der Waals surface area contributed by atoms with Gasteiger partial charge in [-0.25, -0.2) is 9.69 Å². The molecule has 1 aromatic carbocycles. The summed E-state index contributed by atoms with van der Waals surface area (Å²) in [5.41, 5.74) is 3.17. The summed E-state index contributed by atoms with van der Waals surface area (Å²) in [7, 11) is 1.30. The lowest BCUT2D eigenvalue weighted by Crippen LogP contribution is -2.33. The van der Waals surface area contributed by atoms with Gasteiger partial charge in [0, 0.05) is 11.8 Å². The summed E-state index contributed by atoms with van der Waals surface area (Å²) in [5, 5.41) is 0. The van der Waals surface area contributed by atoms with Gasteiger partial charge in [0.25, 0.3) is 0 Å². The van der Waals surface area contributed by atoms with E-state index in [9.17, 15) is 14.4 Å². The van der Waals surface area contributed by atoms with Crippen LogP contribution in [0.4, 0.5) is 5.69 Å². The average molecular weight is 337 g/mol. The number of methoxy groups -OCH3 is 1. The Morgan fingerprint density at radius 3 is 2.16 bits per heavy atom. The van der Waals surface area contributed by atoms with Crippen molar-refractivity contribution >= 4 is 23.5 Å². The molecule has 2 bridgehead atoms. The molecule has 1 heterocycles. The molecule has 0 N–H and O–H groups in total. The Morgan fingerprint density at radius 2 is 1.64 bits per heavy atom. The lowest BCUT2D eigenvalue weighted by molar-refractivity contribution is -0.122. The Kier molecular flexibility index (Phi) is 3.42. The van der Waals surface area contributed by atoms with Gasteiger partial charge < -0.3 is 4.74 Å². The van der Waals surface area contributed by atoms with Gasteiger partial charge in [-0.3, -0.25) is 9.59 Å². The fraction of sp³-hybridized carbons (Fsp3) is 0.350. The van der Waals surface area contributed by atoms with Gasteiger partial charge in [0.2, 0.25) is 11.8 Å². The molecule has 4 atom stereocenters. The zero-order chi connectivity index (χ0) is 17.9. The van der Waals surface area contributed by atoms with Crippen LogP contribution in [0.15, 0.2) is 47.6 Å². The Hall–Kier alpha value is -2.69. The molecule has 5 nitrogen and oxygen atoms in total. The number of ether oxygens (including phenoxy) is 1. The summed E-state index contributed by atoms with van der Waals surface area (Å²) < 4.78 is 4.72. The van der Waals surface area contributed by atoms with E-state index in [1.807, 2.05) is 13.8 Å². The third-order valence-electron chi connectivity index (χ3n) is 5.52. The van der Waals surface area contributed by atoms with Crippen molar-refractivity contribution in [2.75, 3.05) is 12.0 Å². The highest BCUT2D eigenvalue weighted by Crippen LogP contribution is 2.57. The lowest BCUT2D eigenvalue weighted by Gasteiger charge is -2.19. The van der Waals surface area contributed by atoms with Gasteiger partial charge in [-0.05, 0) is 32.0 Å². The van der Waals surface area contributed by atoms with Crippen LogP contribution in [0.5, 0.6) is 0 Å². The smallest absolute Gasteiger partial charge is 0.337 e. The molecule has 0 radical (unpaired) electrons. The van der Waals surface area contributed by atoms with Crippen LogP contribution in [0.1, 0.15) is 24.2 Å². The first-order valence-corrected chi connectivity index (χ1v) is 8.37. The molecule has 0 aromatic heterocycles. The normalized spacial score (nSPS) is 29.4. The zero-order valence-corrected chi connectivity index (χ0v) is 14.4. The average Bonchev–Trinajstić information content (AvgIpc) is 3.24. The van der Waals surface area contributed by atoms with E-state index in [0.29, 0.717) is 11.3 Å². The summed E-state index contributed by atoms with van der Waals surface area (Å²) in [6.45, 7) is 4.08. The lowest BCUT2D eigenvalue weighted by atomic mass is 9.85. The van der Waals surface area contributed by atoms with Gasteiger partial charge in [-0.2, -0.15) is 0 Å². The van der Waals surface area contributed by atoms with Crippen molar-refractivity contribution in [1.82, 2.24) is 0 Å².